The number of fused-ring (bicyclic) bond motifs is 5. The first-order valence-corrected chi connectivity index (χ1v) is 15.2. The monoisotopic (exact) mass is 518 g/mol. The highest BCUT2D eigenvalue weighted by atomic mass is 16.5. The molecule has 5 heteroatoms. The molecule has 5 nitrogen and oxygen atoms in total. The second kappa shape index (κ2) is 8.43. The molecule has 1 aliphatic heterocycles. The molecule has 0 bridgehead atoms. The molecular weight excluding hydrogens is 464 g/mol. The van der Waals surface area contributed by atoms with Gasteiger partial charge in [-0.25, -0.2) is 0 Å². The van der Waals surface area contributed by atoms with E-state index in [4.69, 9.17) is 9.47 Å². The van der Waals surface area contributed by atoms with Crippen LogP contribution in [0.1, 0.15) is 120 Å². The minimum absolute atomic E-state index is 0.0294. The van der Waals surface area contributed by atoms with Crippen molar-refractivity contribution in [1.82, 2.24) is 0 Å². The summed E-state index contributed by atoms with van der Waals surface area (Å²) < 4.78 is 13.1. The number of carbonyl (C=O) groups is 1. The summed E-state index contributed by atoms with van der Waals surface area (Å²) in [6.45, 7) is 19.7. The predicted octanol–water partition coefficient (Wildman–Crippen LogP) is 6.28. The standard InChI is InChI=1S/C32H54O5/c1-19(33)36-22-18-21-20(32(9)17-13-25(37-32)28(4,5)35)10-15-30(21,7)31(8)16-11-23-27(2,3)24(34)12-14-29(23,6)26(22)31/h20-26,34-35H,10-18H2,1-9H3/t20?,21-,22-,23?,24+,25+,26?,29+,30-,31-,32-/m1/s1. The van der Waals surface area contributed by atoms with Crippen LogP contribution < -0.4 is 0 Å². The molecule has 0 radical (unpaired) electrons. The van der Waals surface area contributed by atoms with Crippen LogP contribution in [0.2, 0.25) is 0 Å². The van der Waals surface area contributed by atoms with Crippen LogP contribution in [0.4, 0.5) is 0 Å². The first-order chi connectivity index (χ1) is 16.9. The quantitative estimate of drug-likeness (QED) is 0.430. The highest BCUT2D eigenvalue weighted by Gasteiger charge is 2.72. The van der Waals surface area contributed by atoms with Gasteiger partial charge < -0.3 is 19.7 Å². The number of carbonyl (C=O) groups excluding carboxylic acids is 1. The molecule has 37 heavy (non-hydrogen) atoms. The van der Waals surface area contributed by atoms with Gasteiger partial charge in [0.1, 0.15) is 6.10 Å². The van der Waals surface area contributed by atoms with Crippen molar-refractivity contribution in [3.8, 4) is 0 Å². The summed E-state index contributed by atoms with van der Waals surface area (Å²) >= 11 is 0. The smallest absolute Gasteiger partial charge is 0.302 e. The molecule has 4 aliphatic carbocycles. The number of aliphatic hydroxyl groups excluding tert-OH is 1. The Morgan fingerprint density at radius 2 is 1.54 bits per heavy atom. The molecule has 1 saturated heterocycles. The summed E-state index contributed by atoms with van der Waals surface area (Å²) in [5, 5.41) is 21.7. The Kier molecular flexibility index (Phi) is 6.35. The fourth-order valence-electron chi connectivity index (χ4n) is 11.4. The largest absolute Gasteiger partial charge is 0.462 e. The third-order valence-corrected chi connectivity index (χ3v) is 13.5. The molecule has 0 spiro atoms. The van der Waals surface area contributed by atoms with Crippen LogP contribution in [0.3, 0.4) is 0 Å². The van der Waals surface area contributed by atoms with Gasteiger partial charge >= 0.3 is 5.97 Å². The van der Waals surface area contributed by atoms with Crippen LogP contribution in [-0.4, -0.2) is 45.7 Å². The molecule has 3 unspecified atom stereocenters. The van der Waals surface area contributed by atoms with Gasteiger partial charge in [-0.15, -0.1) is 0 Å². The molecular formula is C32H54O5. The van der Waals surface area contributed by atoms with Gasteiger partial charge in [0.2, 0.25) is 0 Å². The molecule has 4 saturated carbocycles. The first-order valence-electron chi connectivity index (χ1n) is 15.2. The maximum Gasteiger partial charge on any atom is 0.302 e. The highest BCUT2D eigenvalue weighted by Crippen LogP contribution is 2.76. The van der Waals surface area contributed by atoms with Crippen molar-refractivity contribution in [1.29, 1.82) is 0 Å². The van der Waals surface area contributed by atoms with Gasteiger partial charge in [-0.05, 0) is 118 Å². The lowest BCUT2D eigenvalue weighted by Crippen LogP contribution is -2.68. The van der Waals surface area contributed by atoms with E-state index < -0.39 is 5.60 Å². The van der Waals surface area contributed by atoms with E-state index in [0.717, 1.165) is 51.4 Å². The summed E-state index contributed by atoms with van der Waals surface area (Å²) in [7, 11) is 0. The molecule has 0 aromatic heterocycles. The third kappa shape index (κ3) is 3.83. The zero-order valence-electron chi connectivity index (χ0n) is 25.0. The summed E-state index contributed by atoms with van der Waals surface area (Å²) in [6.07, 6.45) is 8.65. The molecule has 5 rings (SSSR count). The van der Waals surface area contributed by atoms with Gasteiger partial charge in [-0.1, -0.05) is 34.6 Å². The van der Waals surface area contributed by atoms with Gasteiger partial charge in [-0.3, -0.25) is 4.79 Å². The lowest BCUT2D eigenvalue weighted by molar-refractivity contribution is -0.261. The van der Waals surface area contributed by atoms with Crippen molar-refractivity contribution in [3.63, 3.8) is 0 Å². The van der Waals surface area contributed by atoms with Crippen molar-refractivity contribution in [2.75, 3.05) is 0 Å². The van der Waals surface area contributed by atoms with Gasteiger partial charge in [-0.2, -0.15) is 0 Å². The van der Waals surface area contributed by atoms with Crippen LogP contribution in [0, 0.1) is 45.3 Å². The van der Waals surface area contributed by atoms with Gasteiger partial charge in [0.15, 0.2) is 0 Å². The average molecular weight is 519 g/mol. The van der Waals surface area contributed by atoms with Crippen LogP contribution in [0.15, 0.2) is 0 Å². The predicted molar refractivity (Wildman–Crippen MR) is 145 cm³/mol. The maximum absolute atomic E-state index is 12.5. The van der Waals surface area contributed by atoms with E-state index in [-0.39, 0.29) is 57.5 Å². The van der Waals surface area contributed by atoms with Crippen LogP contribution >= 0.6 is 0 Å². The molecule has 1 heterocycles. The zero-order valence-corrected chi connectivity index (χ0v) is 25.0. The second-order valence-electron chi connectivity index (χ2n) is 16.0. The van der Waals surface area contributed by atoms with Crippen molar-refractivity contribution >= 4 is 5.97 Å². The topological polar surface area (TPSA) is 76.0 Å². The SMILES string of the molecule is CC(=O)O[C@@H]1C[C@@H]2C([C@@]3(C)CC[C@@H](C(C)(C)O)O3)CC[C@@]2(C)[C@]2(C)CCC3C(C)(C)[C@@H](O)CC[C@]3(C)C12. The van der Waals surface area contributed by atoms with Crippen molar-refractivity contribution in [3.05, 3.63) is 0 Å². The van der Waals surface area contributed by atoms with Gasteiger partial charge in [0.05, 0.1) is 23.4 Å². The molecule has 0 aromatic rings. The molecule has 11 atom stereocenters. The van der Waals surface area contributed by atoms with Crippen LogP contribution in [-0.2, 0) is 14.3 Å². The normalized spacial score (nSPS) is 53.2. The molecule has 212 valence electrons. The molecule has 5 fully saturated rings. The summed E-state index contributed by atoms with van der Waals surface area (Å²) in [4.78, 5) is 12.5. The van der Waals surface area contributed by atoms with E-state index in [1.807, 2.05) is 13.8 Å². The maximum atomic E-state index is 12.5. The fraction of sp³-hybridized carbons (Fsp3) is 0.969. The molecule has 0 amide bonds. The molecule has 5 aliphatic rings. The summed E-state index contributed by atoms with van der Waals surface area (Å²) in [5.74, 6) is 1.36. The highest BCUT2D eigenvalue weighted by molar-refractivity contribution is 5.66. The third-order valence-electron chi connectivity index (χ3n) is 13.5. The van der Waals surface area contributed by atoms with Crippen molar-refractivity contribution < 1.29 is 24.5 Å². The Morgan fingerprint density at radius 3 is 2.14 bits per heavy atom. The first kappa shape index (κ1) is 27.9. The lowest BCUT2D eigenvalue weighted by Gasteiger charge is -2.71. The Balaban J connectivity index is 1.54. The van der Waals surface area contributed by atoms with E-state index in [2.05, 4.69) is 41.5 Å². The number of hydrogen-bond donors (Lipinski definition) is 2. The number of ether oxygens (including phenoxy) is 2. The summed E-state index contributed by atoms with van der Waals surface area (Å²) in [6, 6.07) is 0. The number of aliphatic hydroxyl groups is 2. The second-order valence-corrected chi connectivity index (χ2v) is 16.0. The Bertz CT molecular complexity index is 923. The van der Waals surface area contributed by atoms with Crippen molar-refractivity contribution in [2.24, 2.45) is 45.3 Å². The average Bonchev–Trinajstić information content (AvgIpc) is 3.33. The van der Waals surface area contributed by atoms with E-state index in [9.17, 15) is 15.0 Å². The minimum atomic E-state index is -0.838. The number of hydrogen-bond acceptors (Lipinski definition) is 5. The van der Waals surface area contributed by atoms with Gasteiger partial charge in [0, 0.05) is 12.8 Å². The Morgan fingerprint density at radius 1 is 0.892 bits per heavy atom. The number of rotatable bonds is 3. The molecule has 2 N–H and O–H groups in total. The number of esters is 1. The fourth-order valence-corrected chi connectivity index (χ4v) is 11.4. The Labute approximate surface area is 225 Å². The van der Waals surface area contributed by atoms with Crippen molar-refractivity contribution in [2.45, 2.75) is 150 Å². The minimum Gasteiger partial charge on any atom is -0.462 e. The van der Waals surface area contributed by atoms with E-state index in [0.29, 0.717) is 17.8 Å². The Hall–Kier alpha value is -0.650. The van der Waals surface area contributed by atoms with E-state index in [1.54, 1.807) is 6.92 Å². The zero-order chi connectivity index (χ0) is 27.4. The van der Waals surface area contributed by atoms with Crippen LogP contribution in [0.5, 0.6) is 0 Å². The van der Waals surface area contributed by atoms with E-state index >= 15 is 0 Å². The lowest BCUT2D eigenvalue weighted by atomic mass is 9.35. The van der Waals surface area contributed by atoms with Gasteiger partial charge in [0.25, 0.3) is 0 Å². The molecule has 0 aromatic carbocycles. The van der Waals surface area contributed by atoms with E-state index in [1.165, 1.54) is 6.42 Å². The summed E-state index contributed by atoms with van der Waals surface area (Å²) in [5.41, 5.74) is -1.00. The van der Waals surface area contributed by atoms with Crippen LogP contribution in [0.25, 0.3) is 0 Å².